The third-order valence-electron chi connectivity index (χ3n) is 4.54. The lowest BCUT2D eigenvalue weighted by molar-refractivity contribution is 0.0925. The van der Waals surface area contributed by atoms with Gasteiger partial charge in [-0.05, 0) is 24.3 Å². The number of carbonyl (C=O) groups is 2. The molecule has 4 nitrogen and oxygen atoms in total. The average molecular weight is 311 g/mol. The molecule has 1 aliphatic carbocycles. The van der Waals surface area contributed by atoms with E-state index in [0.717, 1.165) is 42.7 Å². The highest BCUT2D eigenvalue weighted by Gasteiger charge is 2.21. The molecule has 0 heterocycles. The van der Waals surface area contributed by atoms with Crippen LogP contribution in [0.3, 0.4) is 0 Å². The lowest BCUT2D eigenvalue weighted by Crippen LogP contribution is -2.36. The van der Waals surface area contributed by atoms with Crippen molar-refractivity contribution in [2.75, 3.05) is 7.11 Å². The van der Waals surface area contributed by atoms with Crippen molar-refractivity contribution in [1.82, 2.24) is 5.32 Å². The molecule has 2 aromatic carbocycles. The minimum absolute atomic E-state index is 0.164. The first-order valence-corrected chi connectivity index (χ1v) is 8.10. The second-order valence-corrected chi connectivity index (χ2v) is 6.02. The van der Waals surface area contributed by atoms with Crippen LogP contribution in [-0.4, -0.2) is 25.3 Å². The second-order valence-electron chi connectivity index (χ2n) is 6.02. The Morgan fingerprint density at radius 2 is 1.87 bits per heavy atom. The zero-order valence-corrected chi connectivity index (χ0v) is 13.3. The summed E-state index contributed by atoms with van der Waals surface area (Å²) in [5.41, 5.74) is 0.939. The minimum atomic E-state index is -0.164. The van der Waals surface area contributed by atoms with Gasteiger partial charge in [-0.2, -0.15) is 0 Å². The molecule has 120 valence electrons. The van der Waals surface area contributed by atoms with Crippen LogP contribution in [-0.2, 0) is 0 Å². The van der Waals surface area contributed by atoms with E-state index in [9.17, 15) is 9.59 Å². The first kappa shape index (κ1) is 15.5. The maximum Gasteiger partial charge on any atom is 0.255 e. The fourth-order valence-electron chi connectivity index (χ4n) is 3.37. The molecule has 0 spiro atoms. The molecular formula is C19H21NO3. The molecule has 1 saturated carbocycles. The van der Waals surface area contributed by atoms with Gasteiger partial charge < -0.3 is 10.1 Å². The van der Waals surface area contributed by atoms with E-state index >= 15 is 0 Å². The number of benzene rings is 2. The van der Waals surface area contributed by atoms with Gasteiger partial charge in [0.1, 0.15) is 5.75 Å². The van der Waals surface area contributed by atoms with Crippen molar-refractivity contribution in [2.24, 2.45) is 0 Å². The van der Waals surface area contributed by atoms with E-state index in [4.69, 9.17) is 4.74 Å². The summed E-state index contributed by atoms with van der Waals surface area (Å²) < 4.78 is 5.49. The molecule has 23 heavy (non-hydrogen) atoms. The van der Waals surface area contributed by atoms with Crippen LogP contribution in [0.4, 0.5) is 0 Å². The largest absolute Gasteiger partial charge is 0.495 e. The van der Waals surface area contributed by atoms with Crippen LogP contribution in [0, 0.1) is 0 Å². The fraction of sp³-hybridized carbons (Fsp3) is 0.368. The quantitative estimate of drug-likeness (QED) is 0.875. The Kier molecular flexibility index (Phi) is 4.60. The van der Waals surface area contributed by atoms with Gasteiger partial charge in [-0.15, -0.1) is 0 Å². The van der Waals surface area contributed by atoms with E-state index in [2.05, 4.69) is 5.32 Å². The van der Waals surface area contributed by atoms with Crippen LogP contribution in [0.25, 0.3) is 10.8 Å². The average Bonchev–Trinajstić information content (AvgIpc) is 2.61. The summed E-state index contributed by atoms with van der Waals surface area (Å²) in [6, 6.07) is 9.33. The predicted molar refractivity (Wildman–Crippen MR) is 90.2 cm³/mol. The van der Waals surface area contributed by atoms with Gasteiger partial charge in [-0.25, -0.2) is 0 Å². The van der Waals surface area contributed by atoms with Crippen LogP contribution in [0.15, 0.2) is 30.3 Å². The fourth-order valence-corrected chi connectivity index (χ4v) is 3.37. The summed E-state index contributed by atoms with van der Waals surface area (Å²) in [5.74, 6) is 0.363. The molecule has 0 radical (unpaired) electrons. The van der Waals surface area contributed by atoms with E-state index in [1.807, 2.05) is 24.3 Å². The zero-order chi connectivity index (χ0) is 16.2. The van der Waals surface area contributed by atoms with Crippen molar-refractivity contribution in [1.29, 1.82) is 0 Å². The number of methoxy groups -OCH3 is 1. The van der Waals surface area contributed by atoms with Crippen molar-refractivity contribution in [3.8, 4) is 5.75 Å². The molecule has 4 heteroatoms. The number of carbonyl (C=O) groups excluding carboxylic acids is 2. The van der Waals surface area contributed by atoms with Gasteiger partial charge in [0.05, 0.1) is 12.7 Å². The monoisotopic (exact) mass is 311 g/mol. The molecule has 3 rings (SSSR count). The van der Waals surface area contributed by atoms with E-state index in [0.29, 0.717) is 16.9 Å². The summed E-state index contributed by atoms with van der Waals surface area (Å²) in [4.78, 5) is 24.1. The highest BCUT2D eigenvalue weighted by molar-refractivity contribution is 6.09. The number of aldehydes is 1. The maximum atomic E-state index is 12.7. The van der Waals surface area contributed by atoms with Gasteiger partial charge in [-0.1, -0.05) is 43.5 Å². The molecule has 0 unspecified atom stereocenters. The Balaban J connectivity index is 2.01. The Bertz CT molecular complexity index is 733. The van der Waals surface area contributed by atoms with Gasteiger partial charge >= 0.3 is 0 Å². The van der Waals surface area contributed by atoms with Crippen LogP contribution >= 0.6 is 0 Å². The number of hydrogen-bond acceptors (Lipinski definition) is 3. The van der Waals surface area contributed by atoms with E-state index in [1.54, 1.807) is 13.2 Å². The van der Waals surface area contributed by atoms with Crippen molar-refractivity contribution in [3.05, 3.63) is 41.5 Å². The standard InChI is InChI=1S/C19H21NO3/c1-23-18-16-10-6-5-9-15(16)13(12-21)11-17(18)19(22)20-14-7-3-2-4-8-14/h5-6,9-12,14H,2-4,7-8H2,1H3,(H,20,22). The molecule has 0 aromatic heterocycles. The molecule has 1 N–H and O–H groups in total. The van der Waals surface area contributed by atoms with Crippen LogP contribution in [0.1, 0.15) is 52.8 Å². The third-order valence-corrected chi connectivity index (χ3v) is 4.54. The minimum Gasteiger partial charge on any atom is -0.495 e. The highest BCUT2D eigenvalue weighted by Crippen LogP contribution is 2.32. The summed E-state index contributed by atoms with van der Waals surface area (Å²) in [6.07, 6.45) is 6.36. The predicted octanol–water partition coefficient (Wildman–Crippen LogP) is 3.72. The first-order valence-electron chi connectivity index (χ1n) is 8.10. The first-order chi connectivity index (χ1) is 11.2. The zero-order valence-electron chi connectivity index (χ0n) is 13.3. The smallest absolute Gasteiger partial charge is 0.255 e. The van der Waals surface area contributed by atoms with E-state index in [1.165, 1.54) is 6.42 Å². The highest BCUT2D eigenvalue weighted by atomic mass is 16.5. The number of rotatable bonds is 4. The summed E-state index contributed by atoms with van der Waals surface area (Å²) in [6.45, 7) is 0. The molecule has 1 aliphatic rings. The van der Waals surface area contributed by atoms with Gasteiger partial charge in [0.2, 0.25) is 0 Å². The SMILES string of the molecule is COc1c(C(=O)NC2CCCCC2)cc(C=O)c2ccccc12. The van der Waals surface area contributed by atoms with Gasteiger partial charge in [0, 0.05) is 17.0 Å². The lowest BCUT2D eigenvalue weighted by Gasteiger charge is -2.23. The van der Waals surface area contributed by atoms with Crippen LogP contribution in [0.2, 0.25) is 0 Å². The van der Waals surface area contributed by atoms with Crippen molar-refractivity contribution >= 4 is 23.0 Å². The number of amides is 1. The Morgan fingerprint density at radius 1 is 1.17 bits per heavy atom. The van der Waals surface area contributed by atoms with Crippen molar-refractivity contribution in [2.45, 2.75) is 38.1 Å². The van der Waals surface area contributed by atoms with Crippen molar-refractivity contribution in [3.63, 3.8) is 0 Å². The molecule has 0 aliphatic heterocycles. The van der Waals surface area contributed by atoms with Crippen LogP contribution < -0.4 is 10.1 Å². The molecule has 0 bridgehead atoms. The van der Waals surface area contributed by atoms with Gasteiger partial charge in [-0.3, -0.25) is 9.59 Å². The molecule has 2 aromatic rings. The van der Waals surface area contributed by atoms with Gasteiger partial charge in [0.25, 0.3) is 5.91 Å². The van der Waals surface area contributed by atoms with Crippen LogP contribution in [0.5, 0.6) is 5.75 Å². The van der Waals surface area contributed by atoms with Crippen molar-refractivity contribution < 1.29 is 14.3 Å². The Morgan fingerprint density at radius 3 is 2.52 bits per heavy atom. The topological polar surface area (TPSA) is 55.4 Å². The van der Waals surface area contributed by atoms with E-state index < -0.39 is 0 Å². The molecule has 0 saturated heterocycles. The molecule has 0 atom stereocenters. The molecule has 1 fully saturated rings. The van der Waals surface area contributed by atoms with E-state index in [-0.39, 0.29) is 11.9 Å². The second kappa shape index (κ2) is 6.82. The summed E-state index contributed by atoms with van der Waals surface area (Å²) in [5, 5.41) is 4.68. The summed E-state index contributed by atoms with van der Waals surface area (Å²) >= 11 is 0. The number of nitrogens with one attached hydrogen (secondary N) is 1. The lowest BCUT2D eigenvalue weighted by atomic mass is 9.94. The summed E-state index contributed by atoms with van der Waals surface area (Å²) in [7, 11) is 1.56. The third kappa shape index (κ3) is 3.07. The maximum absolute atomic E-state index is 12.7. The molecule has 1 amide bonds. The normalized spacial score (nSPS) is 15.3. The molecular weight excluding hydrogens is 290 g/mol. The number of fused-ring (bicyclic) bond motifs is 1. The number of hydrogen-bond donors (Lipinski definition) is 1. The Hall–Kier alpha value is -2.36. The number of ether oxygens (including phenoxy) is 1. The Labute approximate surface area is 135 Å². The van der Waals surface area contributed by atoms with Gasteiger partial charge in [0.15, 0.2) is 6.29 Å².